The highest BCUT2D eigenvalue weighted by Crippen LogP contribution is 2.34. The highest BCUT2D eigenvalue weighted by molar-refractivity contribution is 6.30. The molecule has 0 saturated carbocycles. The molecule has 0 amide bonds. The van der Waals surface area contributed by atoms with E-state index in [9.17, 15) is 13.2 Å². The second kappa shape index (κ2) is 5.14. The van der Waals surface area contributed by atoms with E-state index >= 15 is 0 Å². The van der Waals surface area contributed by atoms with Gasteiger partial charge in [-0.2, -0.15) is 18.3 Å². The van der Waals surface area contributed by atoms with E-state index in [-0.39, 0.29) is 10.8 Å². The van der Waals surface area contributed by atoms with E-state index in [1.165, 1.54) is 4.52 Å². The van der Waals surface area contributed by atoms with Gasteiger partial charge in [0.1, 0.15) is 10.8 Å². The van der Waals surface area contributed by atoms with Crippen molar-refractivity contribution in [1.29, 1.82) is 0 Å². The van der Waals surface area contributed by atoms with E-state index in [2.05, 4.69) is 10.1 Å². The predicted octanol–water partition coefficient (Wildman–Crippen LogP) is 5.03. The van der Waals surface area contributed by atoms with Crippen molar-refractivity contribution in [2.75, 3.05) is 0 Å². The molecule has 0 bridgehead atoms. The first kappa shape index (κ1) is 15.1. The summed E-state index contributed by atoms with van der Waals surface area (Å²) < 4.78 is 40.0. The van der Waals surface area contributed by atoms with Crippen molar-refractivity contribution >= 4 is 28.8 Å². The zero-order valence-corrected chi connectivity index (χ0v) is 12.6. The molecule has 0 aliphatic carbocycles. The Morgan fingerprint density at radius 2 is 1.73 bits per heavy atom. The monoisotopic (exact) mass is 345 g/mol. The molecule has 0 saturated heterocycles. The third-order valence-corrected chi connectivity index (χ3v) is 3.67. The quantitative estimate of drug-likeness (QED) is 0.579. The molecule has 8 heteroatoms. The topological polar surface area (TPSA) is 30.2 Å². The van der Waals surface area contributed by atoms with E-state index in [1.807, 2.05) is 0 Å². The van der Waals surface area contributed by atoms with Gasteiger partial charge in [0.25, 0.3) is 0 Å². The van der Waals surface area contributed by atoms with Crippen LogP contribution in [0.1, 0.15) is 11.4 Å². The fourth-order valence-electron chi connectivity index (χ4n) is 2.19. The van der Waals surface area contributed by atoms with Gasteiger partial charge in [0, 0.05) is 16.7 Å². The lowest BCUT2D eigenvalue weighted by molar-refractivity contribution is -0.141. The number of benzene rings is 1. The molecule has 3 rings (SSSR count). The zero-order valence-electron chi connectivity index (χ0n) is 11.1. The highest BCUT2D eigenvalue weighted by Gasteiger charge is 2.34. The summed E-state index contributed by atoms with van der Waals surface area (Å²) in [7, 11) is 0. The van der Waals surface area contributed by atoms with E-state index in [1.54, 1.807) is 31.2 Å². The molecule has 3 aromatic rings. The summed E-state index contributed by atoms with van der Waals surface area (Å²) in [5, 5.41) is 4.53. The molecule has 0 spiro atoms. The lowest BCUT2D eigenvalue weighted by Crippen LogP contribution is -2.10. The van der Waals surface area contributed by atoms with Crippen molar-refractivity contribution in [1.82, 2.24) is 14.6 Å². The fraction of sp³-hybridized carbons (Fsp3) is 0.143. The van der Waals surface area contributed by atoms with Gasteiger partial charge < -0.3 is 0 Å². The summed E-state index contributed by atoms with van der Waals surface area (Å²) in [6.07, 6.45) is -4.58. The molecule has 0 aliphatic rings. The van der Waals surface area contributed by atoms with Crippen LogP contribution in [0.3, 0.4) is 0 Å². The van der Waals surface area contributed by atoms with Crippen molar-refractivity contribution in [3.05, 3.63) is 51.9 Å². The molecule has 1 aromatic carbocycles. The summed E-state index contributed by atoms with van der Waals surface area (Å²) in [6.45, 7) is 1.68. The van der Waals surface area contributed by atoms with Crippen molar-refractivity contribution in [3.8, 4) is 11.1 Å². The van der Waals surface area contributed by atoms with Crippen molar-refractivity contribution in [3.63, 3.8) is 0 Å². The Kier molecular flexibility index (Phi) is 3.53. The van der Waals surface area contributed by atoms with Gasteiger partial charge in [0.15, 0.2) is 5.65 Å². The number of aromatic nitrogens is 3. The molecule has 0 atom stereocenters. The third kappa shape index (κ3) is 2.53. The van der Waals surface area contributed by atoms with Crippen LogP contribution in [0.4, 0.5) is 13.2 Å². The van der Waals surface area contributed by atoms with E-state index in [4.69, 9.17) is 23.2 Å². The molecule has 0 N–H and O–H groups in total. The Hall–Kier alpha value is -1.79. The summed E-state index contributed by atoms with van der Waals surface area (Å²) in [5.41, 5.74) is 0.681. The first-order valence-corrected chi connectivity index (χ1v) is 6.92. The van der Waals surface area contributed by atoms with E-state index in [0.717, 1.165) is 6.07 Å². The van der Waals surface area contributed by atoms with Crippen molar-refractivity contribution < 1.29 is 13.2 Å². The Bertz CT molecular complexity index is 854. The molecule has 2 heterocycles. The minimum Gasteiger partial charge on any atom is -0.223 e. The van der Waals surface area contributed by atoms with Gasteiger partial charge in [-0.1, -0.05) is 35.3 Å². The molecule has 0 radical (unpaired) electrons. The second-order valence-electron chi connectivity index (χ2n) is 4.66. The van der Waals surface area contributed by atoms with Crippen LogP contribution >= 0.6 is 23.2 Å². The number of fused-ring (bicyclic) bond motifs is 1. The molecular weight excluding hydrogens is 338 g/mol. The van der Waals surface area contributed by atoms with Crippen LogP contribution in [0.2, 0.25) is 10.2 Å². The molecular formula is C14H8Cl2F3N3. The van der Waals surface area contributed by atoms with Gasteiger partial charge in [-0.25, -0.2) is 9.50 Å². The van der Waals surface area contributed by atoms with Crippen LogP contribution in [-0.4, -0.2) is 14.6 Å². The molecule has 114 valence electrons. The molecule has 22 heavy (non-hydrogen) atoms. The Balaban J connectivity index is 2.32. The van der Waals surface area contributed by atoms with E-state index in [0.29, 0.717) is 21.8 Å². The largest absolute Gasteiger partial charge is 0.433 e. The maximum Gasteiger partial charge on any atom is 0.433 e. The maximum absolute atomic E-state index is 12.9. The van der Waals surface area contributed by atoms with Gasteiger partial charge in [-0.3, -0.25) is 0 Å². The fourth-order valence-corrected chi connectivity index (χ4v) is 2.53. The average Bonchev–Trinajstić information content (AvgIpc) is 2.76. The molecule has 2 aromatic heterocycles. The molecule has 0 fully saturated rings. The third-order valence-electron chi connectivity index (χ3n) is 3.14. The number of nitrogens with zero attached hydrogens (tertiary/aromatic N) is 3. The minimum absolute atomic E-state index is 0.0552. The van der Waals surface area contributed by atoms with Gasteiger partial charge in [-0.05, 0) is 24.6 Å². The lowest BCUT2D eigenvalue weighted by atomic mass is 10.1. The normalized spacial score (nSPS) is 12.1. The molecule has 0 aliphatic heterocycles. The van der Waals surface area contributed by atoms with Crippen LogP contribution in [0, 0.1) is 6.92 Å². The number of alkyl halides is 3. The second-order valence-corrected chi connectivity index (χ2v) is 5.49. The molecule has 3 nitrogen and oxygen atoms in total. The van der Waals surface area contributed by atoms with Crippen molar-refractivity contribution in [2.24, 2.45) is 0 Å². The average molecular weight is 346 g/mol. The van der Waals surface area contributed by atoms with Crippen LogP contribution in [0.25, 0.3) is 16.8 Å². The Morgan fingerprint density at radius 3 is 2.32 bits per heavy atom. The van der Waals surface area contributed by atoms with Crippen LogP contribution in [-0.2, 0) is 6.18 Å². The van der Waals surface area contributed by atoms with Gasteiger partial charge in [0.05, 0.1) is 5.69 Å². The van der Waals surface area contributed by atoms with Gasteiger partial charge in [0.2, 0.25) is 0 Å². The first-order valence-electron chi connectivity index (χ1n) is 6.16. The van der Waals surface area contributed by atoms with Crippen LogP contribution in [0.15, 0.2) is 30.3 Å². The summed E-state index contributed by atoms with van der Waals surface area (Å²) in [4.78, 5) is 3.68. The number of halogens is 5. The SMILES string of the molecule is Cc1nn2c(Cl)cc(C(F)(F)F)nc2c1-c1ccc(Cl)cc1. The number of rotatable bonds is 1. The first-order chi connectivity index (χ1) is 10.3. The Labute approximate surface area is 133 Å². The van der Waals surface area contributed by atoms with Crippen molar-refractivity contribution in [2.45, 2.75) is 13.1 Å². The number of hydrogen-bond donors (Lipinski definition) is 0. The van der Waals surface area contributed by atoms with Gasteiger partial charge >= 0.3 is 6.18 Å². The number of aryl methyl sites for hydroxylation is 1. The maximum atomic E-state index is 12.9. The minimum atomic E-state index is -4.58. The summed E-state index contributed by atoms with van der Waals surface area (Å²) in [6, 6.07) is 7.45. The summed E-state index contributed by atoms with van der Waals surface area (Å²) in [5.74, 6) is 0. The standard InChI is InChI=1S/C14H8Cl2F3N3/c1-7-12(8-2-4-9(15)5-3-8)13-20-10(14(17,18)19)6-11(16)22(13)21-7/h2-6H,1H3. The summed E-state index contributed by atoms with van der Waals surface area (Å²) >= 11 is 11.7. The smallest absolute Gasteiger partial charge is 0.223 e. The van der Waals surface area contributed by atoms with Crippen LogP contribution < -0.4 is 0 Å². The van der Waals surface area contributed by atoms with Crippen LogP contribution in [0.5, 0.6) is 0 Å². The highest BCUT2D eigenvalue weighted by atomic mass is 35.5. The zero-order chi connectivity index (χ0) is 16.1. The number of hydrogen-bond acceptors (Lipinski definition) is 2. The van der Waals surface area contributed by atoms with E-state index < -0.39 is 11.9 Å². The molecule has 0 unspecified atom stereocenters. The lowest BCUT2D eigenvalue weighted by Gasteiger charge is -2.08. The predicted molar refractivity (Wildman–Crippen MR) is 78.2 cm³/mol. The van der Waals surface area contributed by atoms with Gasteiger partial charge in [-0.15, -0.1) is 0 Å². The Morgan fingerprint density at radius 1 is 1.09 bits per heavy atom.